The number of aliphatic carboxylic acids is 1. The number of hydrogen-bond donors (Lipinski definition) is 2. The van der Waals surface area contributed by atoms with Crippen molar-refractivity contribution in [2.24, 2.45) is 5.18 Å². The summed E-state index contributed by atoms with van der Waals surface area (Å²) in [6.07, 6.45) is 1.29. The number of carboxylic acids is 1. The number of pyridine rings is 1. The van der Waals surface area contributed by atoms with Gasteiger partial charge in [0.1, 0.15) is 17.2 Å². The standard InChI is InChI=1S/C9H8N4O3/c10-9-6(12-16)1-2-7-11-5(3-8(14)15)4-13(7)9/h1-2,4H,3,10H2,(H,14,15). The van der Waals surface area contributed by atoms with E-state index in [0.29, 0.717) is 11.3 Å². The molecule has 0 aliphatic carbocycles. The number of aromatic nitrogens is 2. The molecule has 0 bridgehead atoms. The van der Waals surface area contributed by atoms with Crippen molar-refractivity contribution in [2.45, 2.75) is 6.42 Å². The Morgan fingerprint density at radius 1 is 1.56 bits per heavy atom. The van der Waals surface area contributed by atoms with Crippen molar-refractivity contribution in [1.82, 2.24) is 9.38 Å². The Labute approximate surface area is 89.5 Å². The van der Waals surface area contributed by atoms with Crippen molar-refractivity contribution in [3.8, 4) is 0 Å². The molecule has 0 unspecified atom stereocenters. The van der Waals surface area contributed by atoms with Crippen LogP contribution in [-0.4, -0.2) is 20.5 Å². The molecule has 2 aromatic rings. The Morgan fingerprint density at radius 2 is 2.31 bits per heavy atom. The SMILES string of the molecule is Nc1c(N=O)ccc2nc(CC(=O)O)cn12. The fraction of sp³-hybridized carbons (Fsp3) is 0.111. The van der Waals surface area contributed by atoms with Crippen LogP contribution in [0.2, 0.25) is 0 Å². The van der Waals surface area contributed by atoms with Crippen LogP contribution in [0.25, 0.3) is 5.65 Å². The second-order valence-corrected chi connectivity index (χ2v) is 3.23. The third-order valence-electron chi connectivity index (χ3n) is 2.13. The van der Waals surface area contributed by atoms with Gasteiger partial charge < -0.3 is 10.8 Å². The highest BCUT2D eigenvalue weighted by Gasteiger charge is 2.10. The van der Waals surface area contributed by atoms with Crippen LogP contribution in [0.1, 0.15) is 5.69 Å². The minimum absolute atomic E-state index is 0.103. The van der Waals surface area contributed by atoms with Gasteiger partial charge >= 0.3 is 5.97 Å². The van der Waals surface area contributed by atoms with Crippen LogP contribution in [0.3, 0.4) is 0 Å². The Balaban J connectivity index is 2.57. The molecule has 0 aliphatic heterocycles. The summed E-state index contributed by atoms with van der Waals surface area (Å²) in [5, 5.41) is 11.4. The van der Waals surface area contributed by atoms with Gasteiger partial charge in [-0.05, 0) is 17.3 Å². The zero-order chi connectivity index (χ0) is 11.7. The maximum Gasteiger partial charge on any atom is 0.309 e. The predicted octanol–water partition coefficient (Wildman–Crippen LogP) is 0.942. The Hall–Kier alpha value is -2.44. The first-order chi connectivity index (χ1) is 7.61. The normalized spacial score (nSPS) is 10.5. The van der Waals surface area contributed by atoms with Gasteiger partial charge in [-0.1, -0.05) is 0 Å². The highest BCUT2D eigenvalue weighted by molar-refractivity contribution is 5.70. The molecular weight excluding hydrogens is 212 g/mol. The van der Waals surface area contributed by atoms with E-state index in [1.165, 1.54) is 16.7 Å². The van der Waals surface area contributed by atoms with Gasteiger partial charge in [0.15, 0.2) is 0 Å². The van der Waals surface area contributed by atoms with Gasteiger partial charge in [0.25, 0.3) is 0 Å². The molecule has 3 N–H and O–H groups in total. The minimum Gasteiger partial charge on any atom is -0.481 e. The summed E-state index contributed by atoms with van der Waals surface area (Å²) in [5.41, 5.74) is 6.62. The summed E-state index contributed by atoms with van der Waals surface area (Å²) in [4.78, 5) is 24.9. The third-order valence-corrected chi connectivity index (χ3v) is 2.13. The molecule has 0 aliphatic rings. The second-order valence-electron chi connectivity index (χ2n) is 3.23. The molecule has 2 aromatic heterocycles. The number of nitrogens with two attached hydrogens (primary N) is 1. The lowest BCUT2D eigenvalue weighted by molar-refractivity contribution is -0.136. The molecule has 0 radical (unpaired) electrons. The quantitative estimate of drug-likeness (QED) is 0.748. The first kappa shape index (κ1) is 10.1. The van der Waals surface area contributed by atoms with E-state index in [2.05, 4.69) is 10.2 Å². The first-order valence-electron chi connectivity index (χ1n) is 4.43. The molecule has 7 nitrogen and oxygen atoms in total. The lowest BCUT2D eigenvalue weighted by Crippen LogP contribution is -1.99. The maximum atomic E-state index is 10.5. The molecule has 0 atom stereocenters. The van der Waals surface area contributed by atoms with E-state index in [4.69, 9.17) is 10.8 Å². The van der Waals surface area contributed by atoms with Crippen LogP contribution >= 0.6 is 0 Å². The predicted molar refractivity (Wildman–Crippen MR) is 56.4 cm³/mol. The van der Waals surface area contributed by atoms with Gasteiger partial charge in [-0.15, -0.1) is 4.91 Å². The second kappa shape index (κ2) is 3.61. The van der Waals surface area contributed by atoms with E-state index < -0.39 is 5.97 Å². The molecular formula is C9H8N4O3. The van der Waals surface area contributed by atoms with E-state index in [-0.39, 0.29) is 17.9 Å². The maximum absolute atomic E-state index is 10.5. The third kappa shape index (κ3) is 1.58. The fourth-order valence-electron chi connectivity index (χ4n) is 1.44. The molecule has 0 saturated carbocycles. The lowest BCUT2D eigenvalue weighted by atomic mass is 10.3. The summed E-state index contributed by atoms with van der Waals surface area (Å²) < 4.78 is 1.44. The zero-order valence-corrected chi connectivity index (χ0v) is 8.12. The number of nitroso groups, excluding NO2 is 1. The number of nitrogens with zero attached hydrogens (tertiary/aromatic N) is 3. The van der Waals surface area contributed by atoms with E-state index in [1.54, 1.807) is 6.07 Å². The number of hydrogen-bond acceptors (Lipinski definition) is 5. The number of nitrogen functional groups attached to an aromatic ring is 1. The van der Waals surface area contributed by atoms with Crippen LogP contribution in [-0.2, 0) is 11.2 Å². The molecule has 2 rings (SSSR count). The molecule has 16 heavy (non-hydrogen) atoms. The van der Waals surface area contributed by atoms with Crippen LogP contribution in [0, 0.1) is 4.91 Å². The summed E-state index contributed by atoms with van der Waals surface area (Å²) in [7, 11) is 0. The van der Waals surface area contributed by atoms with Crippen LogP contribution in [0.4, 0.5) is 11.5 Å². The van der Waals surface area contributed by atoms with Gasteiger partial charge in [0.2, 0.25) is 0 Å². The van der Waals surface area contributed by atoms with Crippen molar-refractivity contribution in [3.63, 3.8) is 0 Å². The monoisotopic (exact) mass is 220 g/mol. The van der Waals surface area contributed by atoms with Crippen molar-refractivity contribution in [2.75, 3.05) is 5.73 Å². The van der Waals surface area contributed by atoms with E-state index >= 15 is 0 Å². The Bertz CT molecular complexity index is 575. The highest BCUT2D eigenvalue weighted by atomic mass is 16.4. The van der Waals surface area contributed by atoms with Crippen molar-refractivity contribution < 1.29 is 9.90 Å². The van der Waals surface area contributed by atoms with E-state index in [0.717, 1.165) is 0 Å². The van der Waals surface area contributed by atoms with Crippen LogP contribution < -0.4 is 5.73 Å². The fourth-order valence-corrected chi connectivity index (χ4v) is 1.44. The summed E-state index contributed by atoms with van der Waals surface area (Å²) in [6, 6.07) is 2.99. The topological polar surface area (TPSA) is 110 Å². The van der Waals surface area contributed by atoms with Crippen molar-refractivity contribution >= 4 is 23.1 Å². The van der Waals surface area contributed by atoms with Gasteiger partial charge in [0, 0.05) is 6.20 Å². The zero-order valence-electron chi connectivity index (χ0n) is 8.12. The Morgan fingerprint density at radius 3 is 2.94 bits per heavy atom. The summed E-state index contributed by atoms with van der Waals surface area (Å²) in [5.74, 6) is -0.827. The molecule has 0 aromatic carbocycles. The van der Waals surface area contributed by atoms with Gasteiger partial charge in [0.05, 0.1) is 12.1 Å². The van der Waals surface area contributed by atoms with Gasteiger partial charge in [-0.2, -0.15) is 0 Å². The average Bonchev–Trinajstić information content (AvgIpc) is 2.61. The van der Waals surface area contributed by atoms with Gasteiger partial charge in [-0.3, -0.25) is 9.20 Å². The van der Waals surface area contributed by atoms with Gasteiger partial charge in [-0.25, -0.2) is 4.98 Å². The van der Waals surface area contributed by atoms with Crippen molar-refractivity contribution in [1.29, 1.82) is 0 Å². The number of imidazole rings is 1. The molecule has 0 amide bonds. The van der Waals surface area contributed by atoms with E-state index in [9.17, 15) is 9.70 Å². The van der Waals surface area contributed by atoms with Crippen LogP contribution in [0.5, 0.6) is 0 Å². The number of carbonyl (C=O) groups is 1. The van der Waals surface area contributed by atoms with Crippen molar-refractivity contribution in [3.05, 3.63) is 28.9 Å². The number of carboxylic acid groups (broad SMARTS) is 1. The smallest absolute Gasteiger partial charge is 0.309 e. The first-order valence-corrected chi connectivity index (χ1v) is 4.43. The lowest BCUT2D eigenvalue weighted by Gasteiger charge is -1.99. The number of rotatable bonds is 3. The summed E-state index contributed by atoms with van der Waals surface area (Å²) in [6.45, 7) is 0. The molecule has 7 heteroatoms. The summed E-state index contributed by atoms with van der Waals surface area (Å²) >= 11 is 0. The number of anilines is 1. The average molecular weight is 220 g/mol. The Kier molecular flexibility index (Phi) is 2.28. The minimum atomic E-state index is -0.976. The highest BCUT2D eigenvalue weighted by Crippen LogP contribution is 2.23. The molecule has 0 saturated heterocycles. The van der Waals surface area contributed by atoms with Crippen LogP contribution in [0.15, 0.2) is 23.5 Å². The molecule has 2 heterocycles. The molecule has 0 fully saturated rings. The largest absolute Gasteiger partial charge is 0.481 e. The molecule has 0 spiro atoms. The molecule has 82 valence electrons. The number of fused-ring (bicyclic) bond motifs is 1. The van der Waals surface area contributed by atoms with E-state index in [1.807, 2.05) is 0 Å².